The van der Waals surface area contributed by atoms with E-state index in [9.17, 15) is 29.4 Å². The molecule has 1 aliphatic rings. The van der Waals surface area contributed by atoms with Crippen LogP contribution < -0.4 is 30.3 Å². The van der Waals surface area contributed by atoms with E-state index in [1.54, 1.807) is 36.4 Å². The molecule has 0 saturated carbocycles. The number of carbonyl (C=O) groups excluding carboxylic acids is 4. The lowest BCUT2D eigenvalue weighted by atomic mass is 10.1. The molecule has 2 N–H and O–H groups in total. The Morgan fingerprint density at radius 2 is 1.72 bits per heavy atom. The Kier molecular flexibility index (Phi) is 7.06. The van der Waals surface area contributed by atoms with E-state index < -0.39 is 42.6 Å². The number of carboxylic acids is 2. The largest absolute Gasteiger partial charge is 0.550 e. The Labute approximate surface area is 182 Å². The van der Waals surface area contributed by atoms with Crippen LogP contribution in [0.15, 0.2) is 54.2 Å². The molecule has 0 fully saturated rings. The molecular weight excluding hydrogens is 420 g/mol. The highest BCUT2D eigenvalue weighted by Gasteiger charge is 2.20. The Morgan fingerprint density at radius 1 is 1.00 bits per heavy atom. The van der Waals surface area contributed by atoms with Crippen molar-refractivity contribution >= 4 is 29.8 Å². The maximum absolute atomic E-state index is 12.8. The number of ether oxygens (including phenoxy) is 2. The SMILES string of the molecule is O=C([O-])CC[C@H](NC(=O)/C(=C\c1ccc2c(c1)OCO2)NC(=O)c1ccccc1)C(=O)[O-]. The Hall–Kier alpha value is -4.34. The number of aliphatic carboxylic acids is 2. The number of hydrogen-bond acceptors (Lipinski definition) is 8. The highest BCUT2D eigenvalue weighted by atomic mass is 16.7. The van der Waals surface area contributed by atoms with Crippen LogP contribution >= 0.6 is 0 Å². The highest BCUT2D eigenvalue weighted by Crippen LogP contribution is 2.33. The number of benzene rings is 2. The number of hydrogen-bond donors (Lipinski definition) is 2. The van der Waals surface area contributed by atoms with Crippen molar-refractivity contribution in [2.45, 2.75) is 18.9 Å². The summed E-state index contributed by atoms with van der Waals surface area (Å²) in [6.45, 7) is 0.0479. The van der Waals surface area contributed by atoms with Gasteiger partial charge in [0.2, 0.25) is 6.79 Å². The second kappa shape index (κ2) is 10.1. The lowest BCUT2D eigenvalue weighted by Crippen LogP contribution is -2.50. The van der Waals surface area contributed by atoms with Gasteiger partial charge >= 0.3 is 0 Å². The fraction of sp³-hybridized carbons (Fsp3) is 0.182. The van der Waals surface area contributed by atoms with Gasteiger partial charge in [0, 0.05) is 11.5 Å². The van der Waals surface area contributed by atoms with Gasteiger partial charge < -0.3 is 39.9 Å². The van der Waals surface area contributed by atoms with Gasteiger partial charge in [-0.25, -0.2) is 0 Å². The standard InChI is InChI=1S/C22H20N2O8/c25-19(26)9-7-15(22(29)30)23-21(28)16(24-20(27)14-4-2-1-3-5-14)10-13-6-8-17-18(11-13)32-12-31-17/h1-6,8,10-11,15H,7,9,12H2,(H,23,28)(H,24,27)(H,25,26)(H,29,30)/p-2/b16-10+/t15-/m0/s1. The minimum atomic E-state index is -1.67. The van der Waals surface area contributed by atoms with Gasteiger partial charge in [-0.3, -0.25) is 9.59 Å². The lowest BCUT2D eigenvalue weighted by Gasteiger charge is -2.21. The summed E-state index contributed by atoms with van der Waals surface area (Å²) in [6.07, 6.45) is 0.278. The first kappa shape index (κ1) is 22.3. The van der Waals surface area contributed by atoms with Crippen LogP contribution in [0.25, 0.3) is 6.08 Å². The van der Waals surface area contributed by atoms with E-state index in [1.165, 1.54) is 18.2 Å². The van der Waals surface area contributed by atoms with Crippen molar-refractivity contribution < 1.29 is 38.9 Å². The predicted octanol–water partition coefficient (Wildman–Crippen LogP) is -1.05. The van der Waals surface area contributed by atoms with E-state index in [4.69, 9.17) is 9.47 Å². The van der Waals surface area contributed by atoms with Gasteiger partial charge in [0.25, 0.3) is 11.8 Å². The van der Waals surface area contributed by atoms with Crippen molar-refractivity contribution in [3.63, 3.8) is 0 Å². The monoisotopic (exact) mass is 438 g/mol. The molecule has 2 amide bonds. The van der Waals surface area contributed by atoms with E-state index in [2.05, 4.69) is 10.6 Å². The summed E-state index contributed by atoms with van der Waals surface area (Å²) in [6, 6.07) is 11.3. The van der Waals surface area contributed by atoms with Crippen molar-refractivity contribution in [3.05, 3.63) is 65.4 Å². The lowest BCUT2D eigenvalue weighted by molar-refractivity contribution is -0.310. The summed E-state index contributed by atoms with van der Waals surface area (Å²) in [4.78, 5) is 47.4. The molecule has 0 saturated heterocycles. The molecule has 0 unspecified atom stereocenters. The number of fused-ring (bicyclic) bond motifs is 1. The summed E-state index contributed by atoms with van der Waals surface area (Å²) in [5.74, 6) is -3.74. The average molecular weight is 438 g/mol. The number of rotatable bonds is 9. The molecule has 10 nitrogen and oxygen atoms in total. The number of carbonyl (C=O) groups is 4. The zero-order valence-corrected chi connectivity index (χ0v) is 16.7. The predicted molar refractivity (Wildman–Crippen MR) is 106 cm³/mol. The molecule has 1 atom stereocenters. The molecule has 0 aliphatic carbocycles. The van der Waals surface area contributed by atoms with Crippen molar-refractivity contribution in [2.24, 2.45) is 0 Å². The van der Waals surface area contributed by atoms with Gasteiger partial charge in [-0.2, -0.15) is 0 Å². The second-order valence-electron chi connectivity index (χ2n) is 6.75. The van der Waals surface area contributed by atoms with Crippen LogP contribution in [0.5, 0.6) is 11.5 Å². The molecule has 0 radical (unpaired) electrons. The molecule has 32 heavy (non-hydrogen) atoms. The molecule has 10 heteroatoms. The van der Waals surface area contributed by atoms with E-state index in [-0.39, 0.29) is 18.1 Å². The third-order valence-corrected chi connectivity index (χ3v) is 4.46. The van der Waals surface area contributed by atoms with E-state index >= 15 is 0 Å². The van der Waals surface area contributed by atoms with Crippen LogP contribution in [0, 0.1) is 0 Å². The molecule has 0 spiro atoms. The molecule has 166 valence electrons. The van der Waals surface area contributed by atoms with Gasteiger partial charge in [0.15, 0.2) is 11.5 Å². The normalized spacial score (nSPS) is 13.2. The molecule has 0 bridgehead atoms. The van der Waals surface area contributed by atoms with Crippen LogP contribution in [-0.2, 0) is 14.4 Å². The number of carboxylic acid groups (broad SMARTS) is 2. The molecule has 1 aliphatic heterocycles. The average Bonchev–Trinajstić information content (AvgIpc) is 3.24. The molecule has 1 heterocycles. The fourth-order valence-electron chi connectivity index (χ4n) is 2.86. The Balaban J connectivity index is 1.86. The summed E-state index contributed by atoms with van der Waals surface area (Å²) in [5, 5.41) is 26.6. The van der Waals surface area contributed by atoms with Crippen molar-refractivity contribution in [3.8, 4) is 11.5 Å². The van der Waals surface area contributed by atoms with Gasteiger partial charge in [-0.1, -0.05) is 24.3 Å². The van der Waals surface area contributed by atoms with Crippen LogP contribution in [0.4, 0.5) is 0 Å². The maximum Gasteiger partial charge on any atom is 0.268 e. The van der Waals surface area contributed by atoms with Crippen LogP contribution in [0.1, 0.15) is 28.8 Å². The summed E-state index contributed by atoms with van der Waals surface area (Å²) in [5.41, 5.74) is 0.468. The minimum Gasteiger partial charge on any atom is -0.550 e. The molecule has 3 rings (SSSR count). The first-order chi connectivity index (χ1) is 15.3. The third-order valence-electron chi connectivity index (χ3n) is 4.46. The van der Waals surface area contributed by atoms with E-state index in [0.29, 0.717) is 17.1 Å². The van der Waals surface area contributed by atoms with Gasteiger partial charge in [-0.15, -0.1) is 0 Å². The molecule has 0 aromatic heterocycles. The Morgan fingerprint density at radius 3 is 2.41 bits per heavy atom. The third kappa shape index (κ3) is 5.85. The summed E-state index contributed by atoms with van der Waals surface area (Å²) >= 11 is 0. The van der Waals surface area contributed by atoms with Crippen molar-refractivity contribution in [2.75, 3.05) is 6.79 Å². The van der Waals surface area contributed by atoms with E-state index in [1.807, 2.05) is 0 Å². The van der Waals surface area contributed by atoms with Gasteiger partial charge in [-0.05, 0) is 48.7 Å². The highest BCUT2D eigenvalue weighted by molar-refractivity contribution is 6.06. The van der Waals surface area contributed by atoms with Crippen molar-refractivity contribution in [1.82, 2.24) is 10.6 Å². The maximum atomic E-state index is 12.8. The Bertz CT molecular complexity index is 1060. The van der Waals surface area contributed by atoms with Gasteiger partial charge in [0.1, 0.15) is 5.70 Å². The molecular formula is C22H18N2O8-2. The van der Waals surface area contributed by atoms with Crippen molar-refractivity contribution in [1.29, 1.82) is 0 Å². The first-order valence-corrected chi connectivity index (χ1v) is 9.53. The smallest absolute Gasteiger partial charge is 0.268 e. The molecule has 2 aromatic rings. The van der Waals surface area contributed by atoms with Crippen LogP contribution in [0.2, 0.25) is 0 Å². The van der Waals surface area contributed by atoms with E-state index in [0.717, 1.165) is 0 Å². The minimum absolute atomic E-state index is 0.0479. The summed E-state index contributed by atoms with van der Waals surface area (Å²) < 4.78 is 10.5. The molecule has 2 aromatic carbocycles. The quantitative estimate of drug-likeness (QED) is 0.470. The first-order valence-electron chi connectivity index (χ1n) is 9.53. The summed E-state index contributed by atoms with van der Waals surface area (Å²) in [7, 11) is 0. The number of nitrogens with one attached hydrogen (secondary N) is 2. The van der Waals surface area contributed by atoms with Gasteiger partial charge in [0.05, 0.1) is 12.0 Å². The second-order valence-corrected chi connectivity index (χ2v) is 6.75. The number of amides is 2. The topological polar surface area (TPSA) is 157 Å². The van der Waals surface area contributed by atoms with Crippen LogP contribution in [0.3, 0.4) is 0 Å². The van der Waals surface area contributed by atoms with Crippen LogP contribution in [-0.4, -0.2) is 36.6 Å². The zero-order chi connectivity index (χ0) is 23.1. The fourth-order valence-corrected chi connectivity index (χ4v) is 2.86. The zero-order valence-electron chi connectivity index (χ0n) is 16.7.